The van der Waals surface area contributed by atoms with Crippen molar-refractivity contribution in [2.24, 2.45) is 5.73 Å². The van der Waals surface area contributed by atoms with E-state index in [-0.39, 0.29) is 30.8 Å². The fourth-order valence-corrected chi connectivity index (χ4v) is 2.58. The van der Waals surface area contributed by atoms with Gasteiger partial charge in [-0.2, -0.15) is 0 Å². The van der Waals surface area contributed by atoms with Crippen LogP contribution in [0.4, 0.5) is 0 Å². The van der Waals surface area contributed by atoms with Gasteiger partial charge in [0.05, 0.1) is 13.1 Å². The number of amides is 3. The Morgan fingerprint density at radius 2 is 1.62 bits per heavy atom. The highest BCUT2D eigenvalue weighted by Gasteiger charge is 2.24. The summed E-state index contributed by atoms with van der Waals surface area (Å²) in [6, 6.07) is 7.63. The van der Waals surface area contributed by atoms with Gasteiger partial charge < -0.3 is 20.9 Å². The summed E-state index contributed by atoms with van der Waals surface area (Å²) in [7, 11) is 0. The van der Waals surface area contributed by atoms with Crippen LogP contribution in [0.1, 0.15) is 22.8 Å². The van der Waals surface area contributed by atoms with Gasteiger partial charge in [0.2, 0.25) is 11.8 Å². The fraction of sp³-hybridized carbons (Fsp3) is 0.471. The molecule has 0 radical (unpaired) electrons. The Bertz CT molecular complexity index is 592. The highest BCUT2D eigenvalue weighted by molar-refractivity contribution is 5.94. The molecule has 0 unspecified atom stereocenters. The molecular formula is C17H24N4O3. The van der Waals surface area contributed by atoms with Crippen molar-refractivity contribution in [3.8, 4) is 0 Å². The number of benzene rings is 1. The summed E-state index contributed by atoms with van der Waals surface area (Å²) in [6.07, 6.45) is 0.940. The summed E-state index contributed by atoms with van der Waals surface area (Å²) in [5, 5.41) is 2.46. The van der Waals surface area contributed by atoms with Gasteiger partial charge in [0.25, 0.3) is 5.91 Å². The molecule has 2 rings (SSSR count). The van der Waals surface area contributed by atoms with Gasteiger partial charge in [-0.3, -0.25) is 14.4 Å². The van der Waals surface area contributed by atoms with E-state index in [1.807, 2.05) is 24.3 Å². The van der Waals surface area contributed by atoms with E-state index in [4.69, 9.17) is 5.73 Å². The Kier molecular flexibility index (Phi) is 6.31. The SMILES string of the molecule is CCc1ccc(C(=O)N2CCN(C(=O)CNC(=O)CN)CC2)cc1. The Morgan fingerprint density at radius 1 is 1.04 bits per heavy atom. The average Bonchev–Trinajstić information content (AvgIpc) is 2.65. The van der Waals surface area contributed by atoms with Crippen molar-refractivity contribution in [1.82, 2.24) is 15.1 Å². The summed E-state index contributed by atoms with van der Waals surface area (Å²) in [5.41, 5.74) is 7.05. The predicted molar refractivity (Wildman–Crippen MR) is 90.4 cm³/mol. The van der Waals surface area contributed by atoms with Gasteiger partial charge in [-0.1, -0.05) is 19.1 Å². The van der Waals surface area contributed by atoms with Crippen molar-refractivity contribution >= 4 is 17.7 Å². The highest BCUT2D eigenvalue weighted by Crippen LogP contribution is 2.11. The molecule has 1 aliphatic rings. The highest BCUT2D eigenvalue weighted by atomic mass is 16.2. The summed E-state index contributed by atoms with van der Waals surface area (Å²) in [6.45, 7) is 3.81. The van der Waals surface area contributed by atoms with E-state index < -0.39 is 0 Å². The Hall–Kier alpha value is -2.41. The Labute approximate surface area is 141 Å². The number of nitrogens with zero attached hydrogens (tertiary/aromatic N) is 2. The minimum absolute atomic E-state index is 0.0128. The van der Waals surface area contributed by atoms with Crippen LogP contribution in [-0.4, -0.2) is 66.8 Å². The molecule has 0 aromatic heterocycles. The number of carbonyl (C=O) groups is 3. The number of aryl methyl sites for hydroxylation is 1. The monoisotopic (exact) mass is 332 g/mol. The second kappa shape index (κ2) is 8.44. The third-order valence-corrected chi connectivity index (χ3v) is 4.15. The molecule has 1 saturated heterocycles. The first-order valence-electron chi connectivity index (χ1n) is 8.18. The molecule has 0 aliphatic carbocycles. The van der Waals surface area contributed by atoms with E-state index in [1.165, 1.54) is 5.56 Å². The first-order valence-corrected chi connectivity index (χ1v) is 8.18. The molecule has 3 amide bonds. The molecule has 0 spiro atoms. The van der Waals surface area contributed by atoms with Crippen LogP contribution < -0.4 is 11.1 Å². The van der Waals surface area contributed by atoms with E-state index >= 15 is 0 Å². The maximum absolute atomic E-state index is 12.5. The van der Waals surface area contributed by atoms with Crippen LogP contribution in [-0.2, 0) is 16.0 Å². The lowest BCUT2D eigenvalue weighted by Crippen LogP contribution is -2.52. The second-order valence-electron chi connectivity index (χ2n) is 5.70. The van der Waals surface area contributed by atoms with Crippen molar-refractivity contribution in [2.45, 2.75) is 13.3 Å². The molecule has 0 bridgehead atoms. The molecule has 0 saturated carbocycles. The summed E-state index contributed by atoms with van der Waals surface area (Å²) < 4.78 is 0. The van der Waals surface area contributed by atoms with Crippen LogP contribution in [0.25, 0.3) is 0 Å². The summed E-state index contributed by atoms with van der Waals surface area (Å²) in [5.74, 6) is -0.523. The number of rotatable bonds is 5. The third-order valence-electron chi connectivity index (χ3n) is 4.15. The second-order valence-corrected chi connectivity index (χ2v) is 5.70. The lowest BCUT2D eigenvalue weighted by molar-refractivity contribution is -0.133. The molecule has 1 aromatic rings. The van der Waals surface area contributed by atoms with Gasteiger partial charge in [-0.25, -0.2) is 0 Å². The van der Waals surface area contributed by atoms with Crippen LogP contribution in [0.3, 0.4) is 0 Å². The van der Waals surface area contributed by atoms with Crippen LogP contribution in [0.15, 0.2) is 24.3 Å². The zero-order valence-corrected chi connectivity index (χ0v) is 14.0. The number of carbonyl (C=O) groups excluding carboxylic acids is 3. The minimum Gasteiger partial charge on any atom is -0.346 e. The number of hydrogen-bond acceptors (Lipinski definition) is 4. The van der Waals surface area contributed by atoms with Crippen molar-refractivity contribution in [1.29, 1.82) is 0 Å². The summed E-state index contributed by atoms with van der Waals surface area (Å²) in [4.78, 5) is 39.0. The predicted octanol–water partition coefficient (Wildman–Crippen LogP) is -0.392. The normalized spacial score (nSPS) is 14.4. The molecule has 1 heterocycles. The standard InChI is InChI=1S/C17H24N4O3/c1-2-13-3-5-14(6-4-13)17(24)21-9-7-20(8-10-21)16(23)12-19-15(22)11-18/h3-6H,2,7-12,18H2,1H3,(H,19,22). The zero-order chi connectivity index (χ0) is 17.5. The molecule has 7 nitrogen and oxygen atoms in total. The first-order chi connectivity index (χ1) is 11.5. The zero-order valence-electron chi connectivity index (χ0n) is 14.0. The number of nitrogens with one attached hydrogen (secondary N) is 1. The van der Waals surface area contributed by atoms with Crippen molar-refractivity contribution in [2.75, 3.05) is 39.3 Å². The Morgan fingerprint density at radius 3 is 2.17 bits per heavy atom. The van der Waals surface area contributed by atoms with Gasteiger partial charge in [-0.05, 0) is 24.1 Å². The lowest BCUT2D eigenvalue weighted by Gasteiger charge is -2.34. The topological polar surface area (TPSA) is 95.7 Å². The maximum Gasteiger partial charge on any atom is 0.253 e. The van der Waals surface area contributed by atoms with Gasteiger partial charge in [0.15, 0.2) is 0 Å². The van der Waals surface area contributed by atoms with Crippen LogP contribution >= 0.6 is 0 Å². The maximum atomic E-state index is 12.5. The van der Waals surface area contributed by atoms with E-state index in [0.717, 1.165) is 6.42 Å². The quantitative estimate of drug-likeness (QED) is 0.767. The van der Waals surface area contributed by atoms with Crippen LogP contribution in [0.2, 0.25) is 0 Å². The number of hydrogen-bond donors (Lipinski definition) is 2. The van der Waals surface area contributed by atoms with Crippen LogP contribution in [0.5, 0.6) is 0 Å². The largest absolute Gasteiger partial charge is 0.346 e. The molecular weight excluding hydrogens is 308 g/mol. The molecule has 1 aromatic carbocycles. The number of piperazine rings is 1. The van der Waals surface area contributed by atoms with E-state index in [2.05, 4.69) is 12.2 Å². The van der Waals surface area contributed by atoms with E-state index in [0.29, 0.717) is 31.7 Å². The number of nitrogens with two attached hydrogens (primary N) is 1. The molecule has 7 heteroatoms. The Balaban J connectivity index is 1.84. The van der Waals surface area contributed by atoms with Crippen LogP contribution in [0, 0.1) is 0 Å². The molecule has 130 valence electrons. The molecule has 1 fully saturated rings. The minimum atomic E-state index is -0.354. The third kappa shape index (κ3) is 4.55. The van der Waals surface area contributed by atoms with E-state index in [1.54, 1.807) is 9.80 Å². The molecule has 24 heavy (non-hydrogen) atoms. The van der Waals surface area contributed by atoms with Gasteiger partial charge in [0, 0.05) is 31.7 Å². The van der Waals surface area contributed by atoms with Gasteiger partial charge in [0.1, 0.15) is 0 Å². The van der Waals surface area contributed by atoms with Gasteiger partial charge in [-0.15, -0.1) is 0 Å². The smallest absolute Gasteiger partial charge is 0.253 e. The fourth-order valence-electron chi connectivity index (χ4n) is 2.58. The van der Waals surface area contributed by atoms with E-state index in [9.17, 15) is 14.4 Å². The summed E-state index contributed by atoms with van der Waals surface area (Å²) >= 11 is 0. The molecule has 1 aliphatic heterocycles. The first kappa shape index (κ1) is 17.9. The average molecular weight is 332 g/mol. The lowest BCUT2D eigenvalue weighted by atomic mass is 10.1. The van der Waals surface area contributed by atoms with Crippen molar-refractivity contribution < 1.29 is 14.4 Å². The molecule has 3 N–H and O–H groups in total. The molecule has 0 atom stereocenters. The van der Waals surface area contributed by atoms with Gasteiger partial charge >= 0.3 is 0 Å². The van der Waals surface area contributed by atoms with Crippen molar-refractivity contribution in [3.05, 3.63) is 35.4 Å². The van der Waals surface area contributed by atoms with Crippen molar-refractivity contribution in [3.63, 3.8) is 0 Å².